The van der Waals surface area contributed by atoms with E-state index in [9.17, 15) is 8.42 Å². The molecule has 2 aliphatic rings. The predicted molar refractivity (Wildman–Crippen MR) is 67.2 cm³/mol. The first kappa shape index (κ1) is 14.2. The summed E-state index contributed by atoms with van der Waals surface area (Å²) in [7, 11) is -2.92. The second-order valence-corrected chi connectivity index (χ2v) is 7.39. The van der Waals surface area contributed by atoms with E-state index in [1.165, 1.54) is 0 Å². The summed E-state index contributed by atoms with van der Waals surface area (Å²) in [6, 6.07) is 0. The topological polar surface area (TPSA) is 61.8 Å². The van der Waals surface area contributed by atoms with Gasteiger partial charge in [-0.05, 0) is 12.8 Å². The summed E-state index contributed by atoms with van der Waals surface area (Å²) in [4.78, 5) is 0. The Morgan fingerprint density at radius 1 is 1.22 bits per heavy atom. The van der Waals surface area contributed by atoms with Crippen LogP contribution in [0.25, 0.3) is 0 Å². The van der Waals surface area contributed by atoms with Crippen LogP contribution < -0.4 is 0 Å². The van der Waals surface area contributed by atoms with Gasteiger partial charge in [-0.15, -0.1) is 0 Å². The summed E-state index contributed by atoms with van der Waals surface area (Å²) in [5.41, 5.74) is 0. The van der Waals surface area contributed by atoms with Crippen molar-refractivity contribution in [1.29, 1.82) is 0 Å². The van der Waals surface area contributed by atoms with Crippen molar-refractivity contribution in [1.82, 2.24) is 0 Å². The molecule has 0 amide bonds. The fourth-order valence-electron chi connectivity index (χ4n) is 2.47. The lowest BCUT2D eigenvalue weighted by Gasteiger charge is -2.35. The SMILES string of the molecule is CCS(=O)(=O)CCOC1CCC2(CC1)OCCO2. The number of hydrogen-bond acceptors (Lipinski definition) is 5. The van der Waals surface area contributed by atoms with Crippen LogP contribution in [0.4, 0.5) is 0 Å². The molecule has 1 spiro atoms. The number of hydrogen-bond donors (Lipinski definition) is 0. The molecular formula is C12H22O5S. The Morgan fingerprint density at radius 2 is 1.83 bits per heavy atom. The van der Waals surface area contributed by atoms with E-state index >= 15 is 0 Å². The Morgan fingerprint density at radius 3 is 2.39 bits per heavy atom. The summed E-state index contributed by atoms with van der Waals surface area (Å²) in [6.45, 7) is 3.32. The minimum absolute atomic E-state index is 0.123. The molecule has 1 saturated heterocycles. The molecule has 1 saturated carbocycles. The van der Waals surface area contributed by atoms with E-state index in [-0.39, 0.29) is 23.4 Å². The first-order valence-electron chi connectivity index (χ1n) is 6.65. The van der Waals surface area contributed by atoms with E-state index in [2.05, 4.69) is 0 Å². The van der Waals surface area contributed by atoms with Crippen LogP contribution in [0, 0.1) is 0 Å². The average molecular weight is 278 g/mol. The van der Waals surface area contributed by atoms with Crippen LogP contribution >= 0.6 is 0 Å². The Labute approximate surface area is 109 Å². The highest BCUT2D eigenvalue weighted by molar-refractivity contribution is 7.91. The quantitative estimate of drug-likeness (QED) is 0.754. The zero-order valence-electron chi connectivity index (χ0n) is 10.9. The lowest BCUT2D eigenvalue weighted by Crippen LogP contribution is -2.38. The highest BCUT2D eigenvalue weighted by Gasteiger charge is 2.40. The van der Waals surface area contributed by atoms with Gasteiger partial charge in [0.2, 0.25) is 0 Å². The highest BCUT2D eigenvalue weighted by atomic mass is 32.2. The van der Waals surface area contributed by atoms with E-state index in [0.717, 1.165) is 25.7 Å². The van der Waals surface area contributed by atoms with E-state index in [0.29, 0.717) is 19.8 Å². The van der Waals surface area contributed by atoms with Crippen molar-refractivity contribution in [3.8, 4) is 0 Å². The van der Waals surface area contributed by atoms with Gasteiger partial charge in [-0.1, -0.05) is 6.92 Å². The first-order valence-corrected chi connectivity index (χ1v) is 8.47. The van der Waals surface area contributed by atoms with E-state index < -0.39 is 9.84 Å². The maximum Gasteiger partial charge on any atom is 0.168 e. The van der Waals surface area contributed by atoms with Gasteiger partial charge in [-0.25, -0.2) is 8.42 Å². The van der Waals surface area contributed by atoms with Crippen molar-refractivity contribution in [2.45, 2.75) is 44.5 Å². The van der Waals surface area contributed by atoms with Crippen molar-refractivity contribution in [2.24, 2.45) is 0 Å². The molecule has 0 aromatic heterocycles. The van der Waals surface area contributed by atoms with Gasteiger partial charge >= 0.3 is 0 Å². The molecule has 0 atom stereocenters. The largest absolute Gasteiger partial charge is 0.377 e. The molecule has 0 N–H and O–H groups in total. The molecule has 0 unspecified atom stereocenters. The third-order valence-electron chi connectivity index (χ3n) is 3.70. The van der Waals surface area contributed by atoms with Gasteiger partial charge in [0.25, 0.3) is 0 Å². The van der Waals surface area contributed by atoms with Crippen LogP contribution in [0.1, 0.15) is 32.6 Å². The molecule has 0 radical (unpaired) electrons. The van der Waals surface area contributed by atoms with Gasteiger partial charge in [0, 0.05) is 18.6 Å². The van der Waals surface area contributed by atoms with Crippen LogP contribution in [0.15, 0.2) is 0 Å². The molecule has 0 aromatic carbocycles. The van der Waals surface area contributed by atoms with Crippen LogP contribution in [-0.4, -0.2) is 51.6 Å². The smallest absolute Gasteiger partial charge is 0.168 e. The van der Waals surface area contributed by atoms with E-state index in [1.807, 2.05) is 0 Å². The van der Waals surface area contributed by atoms with E-state index in [1.54, 1.807) is 6.92 Å². The van der Waals surface area contributed by atoms with E-state index in [4.69, 9.17) is 14.2 Å². The second kappa shape index (κ2) is 5.86. The Balaban J connectivity index is 1.68. The lowest BCUT2D eigenvalue weighted by molar-refractivity contribution is -0.191. The molecule has 0 bridgehead atoms. The lowest BCUT2D eigenvalue weighted by atomic mass is 9.92. The molecule has 2 rings (SSSR count). The normalized spacial score (nSPS) is 24.7. The van der Waals surface area contributed by atoms with Gasteiger partial charge in [0.05, 0.1) is 31.7 Å². The zero-order chi connectivity index (χ0) is 13.1. The van der Waals surface area contributed by atoms with Gasteiger partial charge in [-0.2, -0.15) is 0 Å². The summed E-state index contributed by atoms with van der Waals surface area (Å²) in [5, 5.41) is 0. The maximum absolute atomic E-state index is 11.3. The molecule has 5 nitrogen and oxygen atoms in total. The minimum Gasteiger partial charge on any atom is -0.377 e. The Hall–Kier alpha value is -0.170. The minimum atomic E-state index is -2.92. The van der Waals surface area contributed by atoms with Crippen LogP contribution in [-0.2, 0) is 24.0 Å². The maximum atomic E-state index is 11.3. The van der Waals surface area contributed by atoms with Gasteiger partial charge < -0.3 is 14.2 Å². The molecule has 1 heterocycles. The molecule has 0 aromatic rings. The van der Waals surface area contributed by atoms with Crippen molar-refractivity contribution in [3.63, 3.8) is 0 Å². The third-order valence-corrected chi connectivity index (χ3v) is 5.36. The second-order valence-electron chi connectivity index (χ2n) is 4.91. The molecule has 106 valence electrons. The van der Waals surface area contributed by atoms with Crippen molar-refractivity contribution < 1.29 is 22.6 Å². The van der Waals surface area contributed by atoms with Crippen LogP contribution in [0.2, 0.25) is 0 Å². The summed E-state index contributed by atoms with van der Waals surface area (Å²) in [6.07, 6.45) is 3.60. The number of sulfone groups is 1. The molecule has 1 aliphatic heterocycles. The van der Waals surface area contributed by atoms with Crippen LogP contribution in [0.5, 0.6) is 0 Å². The highest BCUT2D eigenvalue weighted by Crippen LogP contribution is 2.36. The van der Waals surface area contributed by atoms with Gasteiger partial charge in [-0.3, -0.25) is 0 Å². The molecule has 18 heavy (non-hydrogen) atoms. The zero-order valence-corrected chi connectivity index (χ0v) is 11.7. The molecule has 2 fully saturated rings. The van der Waals surface area contributed by atoms with Crippen molar-refractivity contribution in [3.05, 3.63) is 0 Å². The Bertz CT molecular complexity index is 349. The van der Waals surface area contributed by atoms with Crippen molar-refractivity contribution >= 4 is 9.84 Å². The summed E-state index contributed by atoms with van der Waals surface area (Å²) < 4.78 is 39.5. The average Bonchev–Trinajstić information content (AvgIpc) is 2.81. The summed E-state index contributed by atoms with van der Waals surface area (Å²) in [5.74, 6) is -0.0562. The predicted octanol–water partition coefficient (Wildman–Crippen LogP) is 1.12. The standard InChI is InChI=1S/C12H22O5S/c1-2-18(13,14)10-9-15-11-3-5-12(6-4-11)16-7-8-17-12/h11H,2-10H2,1H3. The molecule has 6 heteroatoms. The summed E-state index contributed by atoms with van der Waals surface area (Å²) >= 11 is 0. The Kier molecular flexibility index (Phi) is 4.64. The first-order chi connectivity index (χ1) is 8.55. The number of ether oxygens (including phenoxy) is 3. The monoisotopic (exact) mass is 278 g/mol. The fraction of sp³-hybridized carbons (Fsp3) is 1.00. The fourth-order valence-corrected chi connectivity index (χ4v) is 3.11. The third kappa shape index (κ3) is 3.66. The van der Waals surface area contributed by atoms with Gasteiger partial charge in [0.15, 0.2) is 15.6 Å². The van der Waals surface area contributed by atoms with Gasteiger partial charge in [0.1, 0.15) is 0 Å². The van der Waals surface area contributed by atoms with Crippen molar-refractivity contribution in [2.75, 3.05) is 31.3 Å². The number of rotatable bonds is 5. The molecular weight excluding hydrogens is 256 g/mol. The molecule has 1 aliphatic carbocycles. The van der Waals surface area contributed by atoms with Crippen LogP contribution in [0.3, 0.4) is 0 Å².